The fourth-order valence-corrected chi connectivity index (χ4v) is 15.1. The number of halogens is 2. The second-order valence-corrected chi connectivity index (χ2v) is 41.7. The number of rotatable bonds is 1. The maximum atomic E-state index is 12.7. The first kappa shape index (κ1) is 101. The zero-order valence-electron chi connectivity index (χ0n) is 74.7. The van der Waals surface area contributed by atoms with Crippen LogP contribution in [0.3, 0.4) is 0 Å². The van der Waals surface area contributed by atoms with Gasteiger partial charge in [-0.05, 0) is 344 Å². The zero-order chi connectivity index (χ0) is 80.3. The van der Waals surface area contributed by atoms with Crippen LogP contribution in [0.25, 0.3) is 0 Å². The number of ether oxygens (including phenoxy) is 1. The van der Waals surface area contributed by atoms with Crippen LogP contribution in [0.5, 0.6) is 0 Å². The van der Waals surface area contributed by atoms with Gasteiger partial charge in [-0.3, -0.25) is 49.0 Å². The molecule has 10 aliphatic heterocycles. The minimum atomic E-state index is -2.45. The number of β-amino-alcohol motifs (C(OH)–C–C–N with tert-alkyl or cyclic N) is 2. The maximum Gasteiger partial charge on any atom is 0.261 e. The Bertz CT molecular complexity index is 2180. The second-order valence-electron chi connectivity index (χ2n) is 41.7. The number of aliphatic hydroxyl groups excluding tert-OH is 4. The fraction of sp³-hybridized carbons (Fsp3) is 0.977. The van der Waals surface area contributed by atoms with Crippen LogP contribution in [-0.2, 0) is 4.74 Å². The molecule has 18 heteroatoms. The van der Waals surface area contributed by atoms with E-state index in [-0.39, 0.29) is 64.5 Å². The third-order valence-corrected chi connectivity index (χ3v) is 22.3. The van der Waals surface area contributed by atoms with Crippen molar-refractivity contribution >= 4 is 0 Å². The number of piperazine rings is 1. The molecule has 10 aliphatic rings. The summed E-state index contributed by atoms with van der Waals surface area (Å²) < 4.78 is 30.6. The number of hydrogen-bond donors (Lipinski definition) is 5. The molecule has 16 nitrogen and oxygen atoms in total. The third-order valence-electron chi connectivity index (χ3n) is 22.3. The van der Waals surface area contributed by atoms with Crippen LogP contribution < -0.4 is 5.32 Å². The molecule has 4 unspecified atom stereocenters. The van der Waals surface area contributed by atoms with Crippen LogP contribution in [0.4, 0.5) is 8.78 Å². The number of piperidine rings is 3. The largest absolute Gasteiger partial charge is 0.395 e. The predicted molar refractivity (Wildman–Crippen MR) is 444 cm³/mol. The van der Waals surface area contributed by atoms with Gasteiger partial charge < -0.3 is 30.5 Å². The van der Waals surface area contributed by atoms with Crippen LogP contribution in [0.2, 0.25) is 0 Å². The van der Waals surface area contributed by atoms with Crippen molar-refractivity contribution in [3.8, 4) is 0 Å². The SMILES string of the molecule is C=C1CN(C(C)(C)C)CCN1.CC(C)(C)N1CCC(F)(F)C1.CC(C)(C)N1CCC(O)C1.CC(C)(C)N1CCC(O)CC1.CC(C)(C)N1CCCC(O)C1.CC(C)(C)N1CCCC1.CC(C)(C)N1CCCC1CO.CC(C)(C)N1CCCCC1.CC(C)(C)N1CCOCC1.CC1CCCN1C(C)(C)C. The van der Waals surface area contributed by atoms with E-state index >= 15 is 0 Å². The molecule has 0 aliphatic carbocycles. The Morgan fingerprint density at radius 2 is 0.721 bits per heavy atom. The molecule has 0 bridgehead atoms. The molecule has 104 heavy (non-hydrogen) atoms. The van der Waals surface area contributed by atoms with Crippen LogP contribution in [0, 0.1) is 0 Å². The molecule has 5 N–H and O–H groups in total. The molecule has 0 aromatic carbocycles. The lowest BCUT2D eigenvalue weighted by molar-refractivity contribution is -0.00389. The molecule has 0 radical (unpaired) electrons. The van der Waals surface area contributed by atoms with Gasteiger partial charge in [0.15, 0.2) is 0 Å². The van der Waals surface area contributed by atoms with Gasteiger partial charge in [0.25, 0.3) is 5.92 Å². The van der Waals surface area contributed by atoms with Crippen LogP contribution in [0.15, 0.2) is 12.3 Å². The highest BCUT2D eigenvalue weighted by molar-refractivity contribution is 5.01. The highest BCUT2D eigenvalue weighted by Gasteiger charge is 2.42. The van der Waals surface area contributed by atoms with Gasteiger partial charge in [0.2, 0.25) is 0 Å². The highest BCUT2D eigenvalue weighted by atomic mass is 19.3. The molecule has 0 amide bonds. The van der Waals surface area contributed by atoms with Crippen LogP contribution >= 0.6 is 0 Å². The first-order valence-electron chi connectivity index (χ1n) is 41.8. The monoisotopic (exact) mass is 1480 g/mol. The van der Waals surface area contributed by atoms with Gasteiger partial charge in [-0.15, -0.1) is 0 Å². The number of nitrogens with zero attached hydrogens (tertiary/aromatic N) is 10. The highest BCUT2D eigenvalue weighted by Crippen LogP contribution is 2.32. The van der Waals surface area contributed by atoms with Gasteiger partial charge in [-0.25, -0.2) is 8.78 Å². The van der Waals surface area contributed by atoms with Crippen molar-refractivity contribution < 1.29 is 33.9 Å². The summed E-state index contributed by atoms with van der Waals surface area (Å²) in [4.78, 5) is 23.9. The second kappa shape index (κ2) is 44.9. The van der Waals surface area contributed by atoms with Crippen molar-refractivity contribution in [2.24, 2.45) is 0 Å². The van der Waals surface area contributed by atoms with Gasteiger partial charge >= 0.3 is 0 Å². The molecule has 10 saturated heterocycles. The Labute approximate surface area is 644 Å². The molecule has 0 aromatic rings. The van der Waals surface area contributed by atoms with E-state index in [1.54, 1.807) is 0 Å². The lowest BCUT2D eigenvalue weighted by Gasteiger charge is -2.40. The molecule has 622 valence electrons. The molecule has 10 rings (SSSR count). The molecule has 10 heterocycles. The Morgan fingerprint density at radius 1 is 0.375 bits per heavy atom. The molecule has 0 saturated carbocycles. The number of hydrogen-bond acceptors (Lipinski definition) is 16. The van der Waals surface area contributed by atoms with Gasteiger partial charge in [-0.2, -0.15) is 0 Å². The average Bonchev–Trinajstić information content (AvgIpc) is 1.55. The molecular weight excluding hydrogens is 1310 g/mol. The number of aliphatic hydroxyl groups is 4. The third kappa shape index (κ3) is 42.4. The summed E-state index contributed by atoms with van der Waals surface area (Å²) in [5, 5.41) is 40.2. The first-order chi connectivity index (χ1) is 47.2. The quantitative estimate of drug-likeness (QED) is 0.170. The van der Waals surface area contributed by atoms with Crippen molar-refractivity contribution in [1.29, 1.82) is 0 Å². The lowest BCUT2D eigenvalue weighted by atomic mass is 10.00. The van der Waals surface area contributed by atoms with E-state index < -0.39 is 5.92 Å². The van der Waals surface area contributed by atoms with Crippen molar-refractivity contribution in [2.45, 2.75) is 403 Å². The zero-order valence-corrected chi connectivity index (χ0v) is 74.7. The van der Waals surface area contributed by atoms with E-state index in [2.05, 4.69) is 250 Å². The summed E-state index contributed by atoms with van der Waals surface area (Å²) in [5.74, 6) is -2.45. The Balaban J connectivity index is 0.000000578. The lowest BCUT2D eigenvalue weighted by Crippen LogP contribution is -2.50. The molecule has 0 aromatic heterocycles. The molecule has 10 fully saturated rings. The van der Waals surface area contributed by atoms with Gasteiger partial charge in [0.05, 0.1) is 44.7 Å². The fourth-order valence-electron chi connectivity index (χ4n) is 15.1. The van der Waals surface area contributed by atoms with E-state index in [0.717, 1.165) is 142 Å². The predicted octanol–water partition coefficient (Wildman–Crippen LogP) is 15.4. The van der Waals surface area contributed by atoms with E-state index in [1.165, 1.54) is 84.1 Å². The summed E-state index contributed by atoms with van der Waals surface area (Å²) in [6.45, 7) is 94.3. The summed E-state index contributed by atoms with van der Waals surface area (Å²) in [6.07, 6.45) is 16.9. The Hall–Kier alpha value is -1.20. The van der Waals surface area contributed by atoms with Crippen molar-refractivity contribution in [3.05, 3.63) is 12.3 Å². The smallest absolute Gasteiger partial charge is 0.261 e. The maximum absolute atomic E-state index is 12.7. The number of morpholine rings is 1. The Kier molecular flexibility index (Phi) is 43.5. The normalized spacial score (nSPS) is 25.6. The molecule has 0 spiro atoms. The number of likely N-dealkylation sites (tertiary alicyclic amines) is 8. The Morgan fingerprint density at radius 3 is 1.00 bits per heavy atom. The molecular formula is C86H179F2N11O5. The number of alkyl halides is 2. The van der Waals surface area contributed by atoms with Gasteiger partial charge in [-0.1, -0.05) is 13.0 Å². The average molecular weight is 1490 g/mol. The van der Waals surface area contributed by atoms with E-state index in [4.69, 9.17) is 9.84 Å². The number of nitrogens with one attached hydrogen (secondary N) is 1. The summed E-state index contributed by atoms with van der Waals surface area (Å²) in [6, 6.07) is 1.22. The summed E-state index contributed by atoms with van der Waals surface area (Å²) in [7, 11) is 0. The minimum Gasteiger partial charge on any atom is -0.395 e. The standard InChI is InChI=1S/C9H18N2.3C9H19NO.2C9H19N.C8H15F2N.2C8H17NO.C8H17N/c1-8-7-11(6-5-10-8)9(2,3)4;1-9(2,3)10-6-4-8(11)5-7-10;1-9(2,3)10-6-4-5-8(10)7-11;1-9(2,3)10-6-4-5-8(11)7-10;1-8-6-5-7-10(8)9(2,3)4;1-9(2,3)10-7-5-4-6-8-10;1-7(2,3)11-5-4-8(9,10)6-11;1-8(2,3)9-4-6-10-7-5-9;1-8(2,3)9-5-4-7(10)6-9;1-8(2,3)9-6-4-5-7-9/h10H,1,5-7H2,2-4H3;3*8,11H,4-7H2,1-3H3;8H,5-7H2,1-4H3;4-8H2,1-3H3;4-6H2,1-3H3;4-7H2,1-3H3;7,10H,4-6H2,1-3H3;4-7H2,1-3H3. The van der Waals surface area contributed by atoms with Crippen molar-refractivity contribution in [2.75, 3.05) is 144 Å². The van der Waals surface area contributed by atoms with E-state index in [1.807, 2.05) is 25.7 Å². The van der Waals surface area contributed by atoms with Crippen LogP contribution in [-0.4, -0.2) is 305 Å². The minimum absolute atomic E-state index is 0.0181. The molecule has 4 atom stereocenters. The van der Waals surface area contributed by atoms with Gasteiger partial charge in [0.1, 0.15) is 0 Å². The summed E-state index contributed by atoms with van der Waals surface area (Å²) in [5.41, 5.74) is 3.80. The topological polar surface area (TPSA) is 135 Å². The first-order valence-corrected chi connectivity index (χ1v) is 41.8. The van der Waals surface area contributed by atoms with Crippen molar-refractivity contribution in [3.63, 3.8) is 0 Å². The van der Waals surface area contributed by atoms with E-state index in [0.29, 0.717) is 41.3 Å². The van der Waals surface area contributed by atoms with Gasteiger partial charge in [0, 0.05) is 152 Å². The summed E-state index contributed by atoms with van der Waals surface area (Å²) >= 11 is 0. The van der Waals surface area contributed by atoms with Crippen LogP contribution in [0.1, 0.15) is 311 Å². The van der Waals surface area contributed by atoms with Crippen molar-refractivity contribution in [1.82, 2.24) is 54.3 Å². The van der Waals surface area contributed by atoms with E-state index in [9.17, 15) is 24.1 Å².